The Labute approximate surface area is 116 Å². The molecule has 0 radical (unpaired) electrons. The average Bonchev–Trinajstić information content (AvgIpc) is 2.74. The van der Waals surface area contributed by atoms with Gasteiger partial charge in [-0.1, -0.05) is 0 Å². The fourth-order valence-corrected chi connectivity index (χ4v) is 1.99. The number of hydrogen-bond donors (Lipinski definition) is 1. The highest BCUT2D eigenvalue weighted by Gasteiger charge is 2.34. The van der Waals surface area contributed by atoms with Crippen molar-refractivity contribution in [2.24, 2.45) is 0 Å². The maximum absolute atomic E-state index is 12.8. The lowest BCUT2D eigenvalue weighted by atomic mass is 10.4. The molecular formula is C10H10F3N5OS. The van der Waals surface area contributed by atoms with Gasteiger partial charge in [-0.25, -0.2) is 9.97 Å². The Balaban J connectivity index is 2.33. The van der Waals surface area contributed by atoms with Gasteiger partial charge in [0.05, 0.1) is 0 Å². The van der Waals surface area contributed by atoms with E-state index in [4.69, 9.17) is 4.42 Å². The highest BCUT2D eigenvalue weighted by Crippen LogP contribution is 2.32. The third-order valence-electron chi connectivity index (χ3n) is 2.03. The van der Waals surface area contributed by atoms with Crippen LogP contribution in [0.25, 0.3) is 0 Å². The minimum Gasteiger partial charge on any atom is -0.416 e. The number of hydrogen-bond acceptors (Lipinski definition) is 7. The molecule has 0 unspecified atom stereocenters. The van der Waals surface area contributed by atoms with Gasteiger partial charge in [0, 0.05) is 19.5 Å². The molecule has 0 bridgehead atoms. The second-order valence-electron chi connectivity index (χ2n) is 3.63. The molecule has 1 N–H and O–H groups in total. The number of aromatic nitrogens is 4. The molecular weight excluding hydrogens is 295 g/mol. The molecule has 0 fully saturated rings. The summed E-state index contributed by atoms with van der Waals surface area (Å²) in [6, 6.07) is 0.838. The molecule has 0 atom stereocenters. The van der Waals surface area contributed by atoms with E-state index in [1.54, 1.807) is 13.8 Å². The average molecular weight is 305 g/mol. The Morgan fingerprint density at radius 2 is 2.05 bits per heavy atom. The molecule has 2 aromatic heterocycles. The number of anilines is 1. The van der Waals surface area contributed by atoms with Gasteiger partial charge in [0.2, 0.25) is 11.8 Å². The minimum absolute atomic E-state index is 0.0759. The highest BCUT2D eigenvalue weighted by atomic mass is 32.2. The van der Waals surface area contributed by atoms with E-state index in [0.717, 1.165) is 17.8 Å². The molecule has 2 heterocycles. The van der Waals surface area contributed by atoms with Gasteiger partial charge in [0.1, 0.15) is 5.03 Å². The summed E-state index contributed by atoms with van der Waals surface area (Å²) in [4.78, 5) is 7.37. The molecule has 0 saturated carbocycles. The summed E-state index contributed by atoms with van der Waals surface area (Å²) in [5.74, 6) is 0.227. The zero-order chi connectivity index (χ0) is 14.8. The minimum atomic E-state index is -4.55. The van der Waals surface area contributed by atoms with E-state index in [0.29, 0.717) is 12.4 Å². The van der Waals surface area contributed by atoms with Crippen LogP contribution in [0, 0.1) is 6.92 Å². The second-order valence-corrected chi connectivity index (χ2v) is 4.60. The van der Waals surface area contributed by atoms with Gasteiger partial charge in [0.25, 0.3) is 5.22 Å². The molecule has 0 amide bonds. The summed E-state index contributed by atoms with van der Waals surface area (Å²) in [5.41, 5.74) is -1.03. The van der Waals surface area contributed by atoms with Gasteiger partial charge in [-0.05, 0) is 18.7 Å². The van der Waals surface area contributed by atoms with E-state index in [1.807, 2.05) is 0 Å². The van der Waals surface area contributed by atoms with Crippen LogP contribution in [0.5, 0.6) is 0 Å². The van der Waals surface area contributed by atoms with Crippen molar-refractivity contribution in [1.82, 2.24) is 20.2 Å². The lowest BCUT2D eigenvalue weighted by Gasteiger charge is -2.09. The topological polar surface area (TPSA) is 76.7 Å². The van der Waals surface area contributed by atoms with E-state index >= 15 is 0 Å². The van der Waals surface area contributed by atoms with Crippen molar-refractivity contribution in [3.05, 3.63) is 17.7 Å². The smallest absolute Gasteiger partial charge is 0.416 e. The second kappa shape index (κ2) is 5.65. The molecule has 2 aromatic rings. The van der Waals surface area contributed by atoms with Crippen LogP contribution in [0.4, 0.5) is 19.1 Å². The molecule has 0 aliphatic carbocycles. The van der Waals surface area contributed by atoms with E-state index in [-0.39, 0.29) is 16.2 Å². The largest absolute Gasteiger partial charge is 0.433 e. The van der Waals surface area contributed by atoms with Gasteiger partial charge in [-0.15, -0.1) is 10.2 Å². The molecule has 2 rings (SSSR count). The standard InChI is InChI=1S/C10H10F3N5OS/c1-3-14-8-15-6(10(11,12)13)4-7(16-8)20-9-18-17-5(2)19-9/h4H,3H2,1-2H3,(H,14,15,16). The predicted octanol–water partition coefficient (Wildman–Crippen LogP) is 2.77. The SMILES string of the molecule is CCNc1nc(Sc2nnc(C)o2)cc(C(F)(F)F)n1. The summed E-state index contributed by atoms with van der Waals surface area (Å²) in [6.07, 6.45) is -4.55. The summed E-state index contributed by atoms with van der Waals surface area (Å²) < 4.78 is 43.3. The van der Waals surface area contributed by atoms with Gasteiger partial charge in [-0.2, -0.15) is 13.2 Å². The van der Waals surface area contributed by atoms with Crippen LogP contribution in [0.15, 0.2) is 20.7 Å². The predicted molar refractivity (Wildman–Crippen MR) is 64.4 cm³/mol. The van der Waals surface area contributed by atoms with Gasteiger partial charge >= 0.3 is 6.18 Å². The first-order valence-electron chi connectivity index (χ1n) is 5.56. The maximum Gasteiger partial charge on any atom is 0.433 e. The van der Waals surface area contributed by atoms with Crippen molar-refractivity contribution in [2.45, 2.75) is 30.3 Å². The Morgan fingerprint density at radius 3 is 2.60 bits per heavy atom. The van der Waals surface area contributed by atoms with Gasteiger partial charge in [-0.3, -0.25) is 0 Å². The highest BCUT2D eigenvalue weighted by molar-refractivity contribution is 7.99. The lowest BCUT2D eigenvalue weighted by Crippen LogP contribution is -2.12. The van der Waals surface area contributed by atoms with E-state index in [1.165, 1.54) is 0 Å². The van der Waals surface area contributed by atoms with Crippen LogP contribution >= 0.6 is 11.8 Å². The quantitative estimate of drug-likeness (QED) is 0.870. The molecule has 0 aromatic carbocycles. The first kappa shape index (κ1) is 14.6. The van der Waals surface area contributed by atoms with Crippen LogP contribution in [-0.4, -0.2) is 26.7 Å². The number of nitrogens with one attached hydrogen (secondary N) is 1. The van der Waals surface area contributed by atoms with E-state index < -0.39 is 11.9 Å². The van der Waals surface area contributed by atoms with E-state index in [9.17, 15) is 13.2 Å². The normalized spacial score (nSPS) is 11.7. The number of rotatable bonds is 4. The first-order valence-corrected chi connectivity index (χ1v) is 6.38. The summed E-state index contributed by atoms with van der Waals surface area (Å²) in [6.45, 7) is 3.73. The van der Waals surface area contributed by atoms with Gasteiger partial charge < -0.3 is 9.73 Å². The van der Waals surface area contributed by atoms with Crippen LogP contribution in [-0.2, 0) is 6.18 Å². The lowest BCUT2D eigenvalue weighted by molar-refractivity contribution is -0.141. The fourth-order valence-electron chi connectivity index (χ4n) is 1.27. The molecule has 0 spiro atoms. The summed E-state index contributed by atoms with van der Waals surface area (Å²) >= 11 is 0.847. The van der Waals surface area contributed by atoms with Crippen LogP contribution in [0.2, 0.25) is 0 Å². The van der Waals surface area contributed by atoms with Crippen molar-refractivity contribution >= 4 is 17.7 Å². The maximum atomic E-state index is 12.8. The van der Waals surface area contributed by atoms with Crippen LogP contribution < -0.4 is 5.32 Å². The summed E-state index contributed by atoms with van der Waals surface area (Å²) in [7, 11) is 0. The van der Waals surface area contributed by atoms with Crippen LogP contribution in [0.3, 0.4) is 0 Å². The molecule has 0 saturated heterocycles. The Hall–Kier alpha value is -1.84. The van der Waals surface area contributed by atoms with Gasteiger partial charge in [0.15, 0.2) is 5.69 Å². The molecule has 20 heavy (non-hydrogen) atoms. The molecule has 0 aliphatic heterocycles. The Kier molecular flexibility index (Phi) is 4.12. The van der Waals surface area contributed by atoms with Crippen LogP contribution in [0.1, 0.15) is 18.5 Å². The molecule has 108 valence electrons. The number of halogens is 3. The van der Waals surface area contributed by atoms with Crippen molar-refractivity contribution in [1.29, 1.82) is 0 Å². The zero-order valence-electron chi connectivity index (χ0n) is 10.5. The third-order valence-corrected chi connectivity index (χ3v) is 2.79. The zero-order valence-corrected chi connectivity index (χ0v) is 11.3. The van der Waals surface area contributed by atoms with E-state index in [2.05, 4.69) is 25.5 Å². The van der Waals surface area contributed by atoms with Crippen molar-refractivity contribution in [2.75, 3.05) is 11.9 Å². The molecule has 0 aliphatic rings. The van der Waals surface area contributed by atoms with Crippen molar-refractivity contribution < 1.29 is 17.6 Å². The number of aryl methyl sites for hydroxylation is 1. The van der Waals surface area contributed by atoms with Crippen molar-refractivity contribution in [3.8, 4) is 0 Å². The fraction of sp³-hybridized carbons (Fsp3) is 0.400. The first-order chi connectivity index (χ1) is 9.38. The monoisotopic (exact) mass is 305 g/mol. The third kappa shape index (κ3) is 3.59. The summed E-state index contributed by atoms with van der Waals surface area (Å²) in [5, 5.41) is 10.1. The Morgan fingerprint density at radius 1 is 1.30 bits per heavy atom. The van der Waals surface area contributed by atoms with Crippen molar-refractivity contribution in [3.63, 3.8) is 0 Å². The number of nitrogens with zero attached hydrogens (tertiary/aromatic N) is 4. The number of alkyl halides is 3. The molecule has 10 heteroatoms. The Bertz CT molecular complexity index is 601. The molecule has 6 nitrogen and oxygen atoms in total.